The summed E-state index contributed by atoms with van der Waals surface area (Å²) >= 11 is 0. The van der Waals surface area contributed by atoms with Crippen LogP contribution in [0.5, 0.6) is 0 Å². The second-order valence-electron chi connectivity index (χ2n) is 13.4. The van der Waals surface area contributed by atoms with Crippen molar-refractivity contribution in [3.8, 4) is 0 Å². The first-order chi connectivity index (χ1) is 18.9. The van der Waals surface area contributed by atoms with Crippen molar-refractivity contribution in [1.82, 2.24) is 0 Å². The van der Waals surface area contributed by atoms with E-state index in [1.807, 2.05) is 0 Å². The molecule has 7 fully saturated rings. The maximum atomic E-state index is 12.6. The summed E-state index contributed by atoms with van der Waals surface area (Å²) in [5, 5.41) is 20.8. The second kappa shape index (κ2) is 10.0. The first-order valence-electron chi connectivity index (χ1n) is 15.3. The highest BCUT2D eigenvalue weighted by Crippen LogP contribution is 2.58. The van der Waals surface area contributed by atoms with E-state index in [9.17, 15) is 15.0 Å². The molecule has 0 aromatic heterocycles. The van der Waals surface area contributed by atoms with Crippen molar-refractivity contribution in [2.45, 2.75) is 113 Å². The van der Waals surface area contributed by atoms with Gasteiger partial charge in [0.2, 0.25) is 6.29 Å². The van der Waals surface area contributed by atoms with Crippen molar-refractivity contribution >= 4 is 5.97 Å². The Morgan fingerprint density at radius 3 is 2.10 bits per heavy atom. The van der Waals surface area contributed by atoms with Gasteiger partial charge in [-0.15, -0.1) is 0 Å². The normalized spacial score (nSPS) is 52.2. The lowest BCUT2D eigenvalue weighted by Crippen LogP contribution is -2.56. The van der Waals surface area contributed by atoms with E-state index in [0.717, 1.165) is 51.4 Å². The minimum absolute atomic E-state index is 0.0125. The number of fused-ring (bicyclic) bond motifs is 7. The Hall–Kier alpha value is -1.07. The number of ether oxygens (including phenoxy) is 6. The summed E-state index contributed by atoms with van der Waals surface area (Å²) < 4.78 is 39.2. The fourth-order valence-corrected chi connectivity index (χ4v) is 9.40. The third-order valence-electron chi connectivity index (χ3n) is 11.1. The summed E-state index contributed by atoms with van der Waals surface area (Å²) in [5.41, 5.74) is 0.285. The van der Waals surface area contributed by atoms with E-state index >= 15 is 0 Å². The van der Waals surface area contributed by atoms with Crippen LogP contribution >= 0.6 is 0 Å². The lowest BCUT2D eigenvalue weighted by atomic mass is 9.64. The van der Waals surface area contributed by atoms with E-state index in [0.29, 0.717) is 18.4 Å². The molecule has 3 aliphatic heterocycles. The second-order valence-corrected chi connectivity index (χ2v) is 13.4. The molecule has 7 aliphatic rings. The zero-order valence-electron chi connectivity index (χ0n) is 23.0. The van der Waals surface area contributed by atoms with Gasteiger partial charge in [0.05, 0.1) is 19.8 Å². The zero-order valence-corrected chi connectivity index (χ0v) is 23.0. The predicted molar refractivity (Wildman–Crippen MR) is 137 cm³/mol. The highest BCUT2D eigenvalue weighted by molar-refractivity contribution is 5.87. The summed E-state index contributed by atoms with van der Waals surface area (Å²) in [7, 11) is 0. The molecule has 9 nitrogen and oxygen atoms in total. The van der Waals surface area contributed by atoms with Crippen molar-refractivity contribution in [3.05, 3.63) is 12.2 Å². The van der Waals surface area contributed by atoms with Crippen molar-refractivity contribution in [2.24, 2.45) is 35.5 Å². The quantitative estimate of drug-likeness (QED) is 0.395. The van der Waals surface area contributed by atoms with Gasteiger partial charge in [-0.1, -0.05) is 32.3 Å². The van der Waals surface area contributed by atoms with E-state index < -0.39 is 48.2 Å². The minimum atomic E-state index is -0.969. The standard InChI is InChI=1S/C30H44O9/c1-16(2)27(33)36-28-26-25(38-30(39-26)20-8-4-6-18(10-20)12-22(30)14-32)24(35-28)23-15-34-29(37-23)19-7-3-5-17(9-19)11-21(29)13-31/h17-26,28,31-32H,1,3-15H2,2H3/t17?,18?,19?,20?,21?,22?,23?,24-,25+,26+,28?,29?,30?/m1/s1. The van der Waals surface area contributed by atoms with Gasteiger partial charge in [-0.3, -0.25) is 0 Å². The van der Waals surface area contributed by atoms with E-state index in [2.05, 4.69) is 6.58 Å². The topological polar surface area (TPSA) is 113 Å². The fourth-order valence-electron chi connectivity index (χ4n) is 9.40. The Kier molecular flexibility index (Phi) is 6.90. The molecular weight excluding hydrogens is 504 g/mol. The molecule has 0 amide bonds. The maximum Gasteiger partial charge on any atom is 0.335 e. The van der Waals surface area contributed by atoms with Crippen LogP contribution in [0.3, 0.4) is 0 Å². The molecule has 0 aromatic rings. The first kappa shape index (κ1) is 26.8. The van der Waals surface area contributed by atoms with Crippen molar-refractivity contribution in [3.63, 3.8) is 0 Å². The van der Waals surface area contributed by atoms with Crippen molar-refractivity contribution < 1.29 is 43.4 Å². The van der Waals surface area contributed by atoms with Crippen LogP contribution in [0, 0.1) is 35.5 Å². The molecule has 7 rings (SSSR count). The van der Waals surface area contributed by atoms with E-state index in [1.165, 1.54) is 12.8 Å². The van der Waals surface area contributed by atoms with Gasteiger partial charge in [0.25, 0.3) is 0 Å². The molecular formula is C30H44O9. The monoisotopic (exact) mass is 548 g/mol. The first-order valence-corrected chi connectivity index (χ1v) is 15.3. The van der Waals surface area contributed by atoms with Crippen molar-refractivity contribution in [1.29, 1.82) is 0 Å². The average Bonchev–Trinajstić information content (AvgIpc) is 3.63. The van der Waals surface area contributed by atoms with Crippen LogP contribution in [0.15, 0.2) is 12.2 Å². The summed E-state index contributed by atoms with van der Waals surface area (Å²) in [6.07, 6.45) is 7.37. The Morgan fingerprint density at radius 2 is 1.46 bits per heavy atom. The summed E-state index contributed by atoms with van der Waals surface area (Å²) in [6, 6.07) is 0. The van der Waals surface area contributed by atoms with Crippen LogP contribution in [0.4, 0.5) is 0 Å². The lowest BCUT2D eigenvalue weighted by Gasteiger charge is -2.51. The molecule has 3 heterocycles. The largest absolute Gasteiger partial charge is 0.429 e. The van der Waals surface area contributed by atoms with Crippen molar-refractivity contribution in [2.75, 3.05) is 19.8 Å². The number of carbonyl (C=O) groups excluding carboxylic acids is 1. The Balaban J connectivity index is 1.17. The van der Waals surface area contributed by atoms with Gasteiger partial charge in [0, 0.05) is 29.2 Å². The van der Waals surface area contributed by atoms with Gasteiger partial charge >= 0.3 is 5.97 Å². The SMILES string of the molecule is C=C(C)C(=O)OC1O[C@H](C2COC3(O2)C(CO)CC2CCCC3C2)[C@@H]2OC3(O[C@H]12)C(CO)CC1CCCC3C1. The number of rotatable bonds is 5. The molecule has 13 atom stereocenters. The molecule has 2 spiro atoms. The fraction of sp³-hybridized carbons (Fsp3) is 0.900. The van der Waals surface area contributed by atoms with E-state index in [1.54, 1.807) is 6.92 Å². The third-order valence-corrected chi connectivity index (χ3v) is 11.1. The smallest absolute Gasteiger partial charge is 0.335 e. The van der Waals surface area contributed by atoms with Crippen LogP contribution in [-0.4, -0.2) is 78.3 Å². The summed E-state index contributed by atoms with van der Waals surface area (Å²) in [6.45, 7) is 5.67. The minimum Gasteiger partial charge on any atom is -0.429 e. The molecule has 9 heteroatoms. The number of aliphatic hydroxyl groups is 2. The van der Waals surface area contributed by atoms with Gasteiger partial charge < -0.3 is 38.6 Å². The van der Waals surface area contributed by atoms with Gasteiger partial charge in [0.1, 0.15) is 18.3 Å². The highest BCUT2D eigenvalue weighted by Gasteiger charge is 2.68. The Morgan fingerprint density at radius 1 is 0.846 bits per heavy atom. The molecule has 10 unspecified atom stereocenters. The molecule has 0 aromatic carbocycles. The zero-order chi connectivity index (χ0) is 26.9. The molecule has 4 bridgehead atoms. The van der Waals surface area contributed by atoms with E-state index in [4.69, 9.17) is 28.4 Å². The molecule has 39 heavy (non-hydrogen) atoms. The van der Waals surface area contributed by atoms with Crippen LogP contribution in [0.2, 0.25) is 0 Å². The summed E-state index contributed by atoms with van der Waals surface area (Å²) in [4.78, 5) is 12.6. The van der Waals surface area contributed by atoms with Crippen LogP contribution in [0.1, 0.15) is 71.1 Å². The highest BCUT2D eigenvalue weighted by atomic mass is 16.8. The molecule has 3 saturated heterocycles. The molecule has 2 N–H and O–H groups in total. The molecule has 218 valence electrons. The molecule has 4 aliphatic carbocycles. The van der Waals surface area contributed by atoms with Gasteiger partial charge in [-0.25, -0.2) is 4.79 Å². The Labute approximate surface area is 230 Å². The summed E-state index contributed by atoms with van der Waals surface area (Å²) in [5.74, 6) is -0.905. The lowest BCUT2D eigenvalue weighted by molar-refractivity contribution is -0.315. The third kappa shape index (κ3) is 4.17. The number of aliphatic hydroxyl groups excluding tert-OH is 2. The molecule has 4 saturated carbocycles. The van der Waals surface area contributed by atoms with E-state index in [-0.39, 0.29) is 42.5 Å². The average molecular weight is 549 g/mol. The van der Waals surface area contributed by atoms with Gasteiger partial charge in [-0.05, 0) is 57.3 Å². The number of hydrogen-bond acceptors (Lipinski definition) is 9. The van der Waals surface area contributed by atoms with Crippen LogP contribution in [0.25, 0.3) is 0 Å². The van der Waals surface area contributed by atoms with Crippen LogP contribution < -0.4 is 0 Å². The Bertz CT molecular complexity index is 964. The number of carbonyl (C=O) groups is 1. The maximum absolute atomic E-state index is 12.6. The number of hydrogen-bond donors (Lipinski definition) is 2. The van der Waals surface area contributed by atoms with Crippen LogP contribution in [-0.2, 0) is 33.2 Å². The van der Waals surface area contributed by atoms with Gasteiger partial charge in [0.15, 0.2) is 17.7 Å². The predicted octanol–water partition coefficient (Wildman–Crippen LogP) is 3.06. The molecule has 0 radical (unpaired) electrons. The number of esters is 1. The van der Waals surface area contributed by atoms with Gasteiger partial charge in [-0.2, -0.15) is 0 Å².